The van der Waals surface area contributed by atoms with Crippen molar-refractivity contribution in [2.75, 3.05) is 20.1 Å². The highest BCUT2D eigenvalue weighted by molar-refractivity contribution is 7.10. The van der Waals surface area contributed by atoms with Gasteiger partial charge in [0.2, 0.25) is 5.91 Å². The van der Waals surface area contributed by atoms with E-state index in [4.69, 9.17) is 0 Å². The van der Waals surface area contributed by atoms with Gasteiger partial charge in [0.15, 0.2) is 0 Å². The third-order valence-corrected chi connectivity index (χ3v) is 3.62. The smallest absolute Gasteiger partial charge is 0.234 e. The lowest BCUT2D eigenvalue weighted by Gasteiger charge is -2.23. The summed E-state index contributed by atoms with van der Waals surface area (Å²) < 4.78 is 0. The molecule has 1 heterocycles. The van der Waals surface area contributed by atoms with Crippen molar-refractivity contribution in [3.63, 3.8) is 0 Å². The van der Waals surface area contributed by atoms with Crippen LogP contribution in [-0.4, -0.2) is 30.9 Å². The summed E-state index contributed by atoms with van der Waals surface area (Å²) in [5, 5.41) is 4.95. The van der Waals surface area contributed by atoms with Crippen LogP contribution in [0.1, 0.15) is 31.2 Å². The Balaban J connectivity index is 2.40. The number of carbonyl (C=O) groups is 1. The monoisotopic (exact) mass is 240 g/mol. The number of hydrogen-bond donors (Lipinski definition) is 1. The van der Waals surface area contributed by atoms with Crippen molar-refractivity contribution in [2.24, 2.45) is 0 Å². The maximum absolute atomic E-state index is 11.5. The van der Waals surface area contributed by atoms with Crippen molar-refractivity contribution in [3.8, 4) is 0 Å². The first kappa shape index (κ1) is 13.2. The molecule has 0 radical (unpaired) electrons. The van der Waals surface area contributed by atoms with Crippen molar-refractivity contribution in [3.05, 3.63) is 22.4 Å². The summed E-state index contributed by atoms with van der Waals surface area (Å²) in [7, 11) is 1.98. The van der Waals surface area contributed by atoms with E-state index in [0.717, 1.165) is 13.0 Å². The highest BCUT2D eigenvalue weighted by Gasteiger charge is 2.14. The summed E-state index contributed by atoms with van der Waals surface area (Å²) in [6.07, 6.45) is 0.982. The minimum Gasteiger partial charge on any atom is -0.355 e. The van der Waals surface area contributed by atoms with Crippen LogP contribution in [0, 0.1) is 0 Å². The maximum Gasteiger partial charge on any atom is 0.234 e. The Kier molecular flexibility index (Phi) is 5.49. The Morgan fingerprint density at radius 1 is 1.62 bits per heavy atom. The maximum atomic E-state index is 11.5. The van der Waals surface area contributed by atoms with Crippen molar-refractivity contribution < 1.29 is 4.79 Å². The molecule has 0 spiro atoms. The number of thiophene rings is 1. The first-order valence-electron chi connectivity index (χ1n) is 5.65. The van der Waals surface area contributed by atoms with Gasteiger partial charge in [0, 0.05) is 17.5 Å². The van der Waals surface area contributed by atoms with Crippen LogP contribution in [0.2, 0.25) is 0 Å². The fourth-order valence-corrected chi connectivity index (χ4v) is 2.28. The second-order valence-electron chi connectivity index (χ2n) is 3.96. The second kappa shape index (κ2) is 6.66. The number of nitrogens with zero attached hydrogens (tertiary/aromatic N) is 1. The van der Waals surface area contributed by atoms with Gasteiger partial charge in [-0.15, -0.1) is 11.3 Å². The summed E-state index contributed by atoms with van der Waals surface area (Å²) in [5.41, 5.74) is 0. The van der Waals surface area contributed by atoms with Gasteiger partial charge in [-0.1, -0.05) is 13.0 Å². The summed E-state index contributed by atoms with van der Waals surface area (Å²) in [4.78, 5) is 14.9. The fraction of sp³-hybridized carbons (Fsp3) is 0.583. The molecule has 0 aliphatic heterocycles. The van der Waals surface area contributed by atoms with Crippen LogP contribution >= 0.6 is 11.3 Å². The normalized spacial score (nSPS) is 12.8. The molecule has 4 heteroatoms. The minimum atomic E-state index is 0.104. The summed E-state index contributed by atoms with van der Waals surface area (Å²) in [5.74, 6) is 0.104. The van der Waals surface area contributed by atoms with E-state index in [9.17, 15) is 4.79 Å². The molecule has 1 amide bonds. The highest BCUT2D eigenvalue weighted by Crippen LogP contribution is 2.22. The minimum absolute atomic E-state index is 0.104. The van der Waals surface area contributed by atoms with Crippen LogP contribution in [0.25, 0.3) is 0 Å². The van der Waals surface area contributed by atoms with Gasteiger partial charge in [-0.2, -0.15) is 0 Å². The Hall–Kier alpha value is -0.870. The van der Waals surface area contributed by atoms with E-state index in [1.165, 1.54) is 4.88 Å². The summed E-state index contributed by atoms with van der Waals surface area (Å²) in [6.45, 7) is 5.40. The molecule has 1 aromatic heterocycles. The van der Waals surface area contributed by atoms with Gasteiger partial charge in [0.1, 0.15) is 0 Å². The number of rotatable bonds is 6. The molecule has 90 valence electrons. The van der Waals surface area contributed by atoms with Gasteiger partial charge >= 0.3 is 0 Å². The van der Waals surface area contributed by atoms with Crippen molar-refractivity contribution in [1.29, 1.82) is 0 Å². The van der Waals surface area contributed by atoms with Crippen LogP contribution in [0.3, 0.4) is 0 Å². The number of nitrogens with one attached hydrogen (secondary N) is 1. The lowest BCUT2D eigenvalue weighted by Crippen LogP contribution is -2.36. The summed E-state index contributed by atoms with van der Waals surface area (Å²) >= 11 is 1.73. The Morgan fingerprint density at radius 3 is 2.94 bits per heavy atom. The molecule has 0 saturated carbocycles. The first-order chi connectivity index (χ1) is 7.65. The molecule has 0 fully saturated rings. The Labute approximate surface area is 101 Å². The Morgan fingerprint density at radius 2 is 2.38 bits per heavy atom. The van der Waals surface area contributed by atoms with Gasteiger partial charge < -0.3 is 5.32 Å². The Bertz CT molecular complexity index is 311. The predicted octanol–water partition coefficient (Wildman–Crippen LogP) is 2.27. The molecule has 0 aliphatic carbocycles. The van der Waals surface area contributed by atoms with Gasteiger partial charge in [-0.3, -0.25) is 9.69 Å². The van der Waals surface area contributed by atoms with E-state index in [1.807, 2.05) is 13.1 Å². The SMILES string of the molecule is CCCNC(=O)CN(C)C(C)c1cccs1. The van der Waals surface area contributed by atoms with E-state index in [2.05, 4.69) is 35.5 Å². The number of likely N-dealkylation sites (N-methyl/N-ethyl adjacent to an activating group) is 1. The first-order valence-corrected chi connectivity index (χ1v) is 6.53. The third-order valence-electron chi connectivity index (χ3n) is 2.58. The fourth-order valence-electron chi connectivity index (χ4n) is 1.43. The van der Waals surface area contributed by atoms with Crippen LogP contribution in [-0.2, 0) is 4.79 Å². The molecule has 0 aromatic carbocycles. The molecule has 1 unspecified atom stereocenters. The molecule has 1 N–H and O–H groups in total. The van der Waals surface area contributed by atoms with Crippen molar-refractivity contribution in [1.82, 2.24) is 10.2 Å². The van der Waals surface area contributed by atoms with Gasteiger partial charge in [0.05, 0.1) is 6.54 Å². The zero-order valence-corrected chi connectivity index (χ0v) is 11.0. The van der Waals surface area contributed by atoms with E-state index >= 15 is 0 Å². The van der Waals surface area contributed by atoms with Crippen molar-refractivity contribution in [2.45, 2.75) is 26.3 Å². The number of hydrogen-bond acceptors (Lipinski definition) is 3. The molecule has 0 saturated heterocycles. The van der Waals surface area contributed by atoms with Crippen LogP contribution in [0.15, 0.2) is 17.5 Å². The average molecular weight is 240 g/mol. The highest BCUT2D eigenvalue weighted by atomic mass is 32.1. The molecular formula is C12H20N2OS. The second-order valence-corrected chi connectivity index (χ2v) is 4.94. The molecular weight excluding hydrogens is 220 g/mol. The molecule has 1 atom stereocenters. The van der Waals surface area contributed by atoms with E-state index in [1.54, 1.807) is 11.3 Å². The molecule has 16 heavy (non-hydrogen) atoms. The standard InChI is InChI=1S/C12H20N2OS/c1-4-7-13-12(15)9-14(3)10(2)11-6-5-8-16-11/h5-6,8,10H,4,7,9H2,1-3H3,(H,13,15). The topological polar surface area (TPSA) is 32.3 Å². The zero-order valence-electron chi connectivity index (χ0n) is 10.2. The van der Waals surface area contributed by atoms with Gasteiger partial charge in [0.25, 0.3) is 0 Å². The zero-order chi connectivity index (χ0) is 12.0. The summed E-state index contributed by atoms with van der Waals surface area (Å²) in [6, 6.07) is 4.45. The van der Waals surface area contributed by atoms with E-state index in [0.29, 0.717) is 12.6 Å². The molecule has 1 aromatic rings. The lowest BCUT2D eigenvalue weighted by molar-refractivity contribution is -0.122. The van der Waals surface area contributed by atoms with Crippen molar-refractivity contribution >= 4 is 17.2 Å². The van der Waals surface area contributed by atoms with Crippen LogP contribution < -0.4 is 5.32 Å². The quantitative estimate of drug-likeness (QED) is 0.827. The molecule has 3 nitrogen and oxygen atoms in total. The van der Waals surface area contributed by atoms with E-state index < -0.39 is 0 Å². The lowest BCUT2D eigenvalue weighted by atomic mass is 10.2. The average Bonchev–Trinajstić information content (AvgIpc) is 2.78. The van der Waals surface area contributed by atoms with Gasteiger partial charge in [-0.25, -0.2) is 0 Å². The molecule has 0 aliphatic rings. The number of carbonyl (C=O) groups excluding carboxylic acids is 1. The largest absolute Gasteiger partial charge is 0.355 e. The molecule has 0 bridgehead atoms. The molecule has 1 rings (SSSR count). The third kappa shape index (κ3) is 3.94. The number of amides is 1. The van der Waals surface area contributed by atoms with Crippen LogP contribution in [0.5, 0.6) is 0 Å². The van der Waals surface area contributed by atoms with Crippen LogP contribution in [0.4, 0.5) is 0 Å². The van der Waals surface area contributed by atoms with E-state index in [-0.39, 0.29) is 5.91 Å². The predicted molar refractivity (Wildman–Crippen MR) is 68.7 cm³/mol. The van der Waals surface area contributed by atoms with Gasteiger partial charge in [-0.05, 0) is 31.8 Å².